The standard InChI is InChI=1S/C12H8Cl2N2OS/c13-7-3-4-18-11(7)10(14)6-1-2-8-9(5-6)16-12(17)15-8/h1-5,10H,(H2,15,16,17). The van der Waals surface area contributed by atoms with Crippen molar-refractivity contribution in [2.24, 2.45) is 0 Å². The molecule has 1 aromatic carbocycles. The fourth-order valence-corrected chi connectivity index (χ4v) is 3.48. The number of imidazole rings is 1. The highest BCUT2D eigenvalue weighted by Gasteiger charge is 2.16. The van der Waals surface area contributed by atoms with Gasteiger partial charge in [-0.2, -0.15) is 0 Å². The first-order valence-corrected chi connectivity index (χ1v) is 6.93. The number of hydrogen-bond donors (Lipinski definition) is 2. The van der Waals surface area contributed by atoms with Crippen molar-refractivity contribution < 1.29 is 0 Å². The number of alkyl halides is 1. The average molecular weight is 299 g/mol. The Morgan fingerprint density at radius 2 is 1.94 bits per heavy atom. The Kier molecular flexibility index (Phi) is 2.93. The lowest BCUT2D eigenvalue weighted by Gasteiger charge is -2.08. The first-order valence-electron chi connectivity index (χ1n) is 5.24. The molecular formula is C12H8Cl2N2OS. The quantitative estimate of drug-likeness (QED) is 0.693. The van der Waals surface area contributed by atoms with E-state index in [-0.39, 0.29) is 11.1 Å². The summed E-state index contributed by atoms with van der Waals surface area (Å²) in [4.78, 5) is 17.5. The van der Waals surface area contributed by atoms with E-state index in [0.717, 1.165) is 21.5 Å². The summed E-state index contributed by atoms with van der Waals surface area (Å²) in [6, 6.07) is 7.41. The van der Waals surface area contributed by atoms with Crippen LogP contribution in [0.1, 0.15) is 15.8 Å². The zero-order valence-corrected chi connectivity index (χ0v) is 11.4. The maximum atomic E-state index is 11.2. The maximum absolute atomic E-state index is 11.2. The molecule has 3 aromatic rings. The van der Waals surface area contributed by atoms with Crippen LogP contribution in [0.25, 0.3) is 11.0 Å². The summed E-state index contributed by atoms with van der Waals surface area (Å²) in [5.74, 6) is 0. The molecule has 0 amide bonds. The maximum Gasteiger partial charge on any atom is 0.323 e. The Morgan fingerprint density at radius 3 is 2.67 bits per heavy atom. The summed E-state index contributed by atoms with van der Waals surface area (Å²) >= 11 is 14.0. The summed E-state index contributed by atoms with van der Waals surface area (Å²) in [6.45, 7) is 0. The molecule has 1 unspecified atom stereocenters. The topological polar surface area (TPSA) is 48.6 Å². The molecule has 0 aliphatic rings. The molecule has 0 spiro atoms. The number of halogens is 2. The van der Waals surface area contributed by atoms with Gasteiger partial charge in [-0.1, -0.05) is 17.7 Å². The second-order valence-electron chi connectivity index (χ2n) is 3.88. The van der Waals surface area contributed by atoms with Crippen LogP contribution in [0.2, 0.25) is 5.02 Å². The lowest BCUT2D eigenvalue weighted by atomic mass is 10.1. The predicted molar refractivity (Wildman–Crippen MR) is 75.9 cm³/mol. The first-order chi connectivity index (χ1) is 8.65. The number of fused-ring (bicyclic) bond motifs is 1. The molecule has 18 heavy (non-hydrogen) atoms. The molecule has 2 N–H and O–H groups in total. The van der Waals surface area contributed by atoms with Gasteiger partial charge in [0.25, 0.3) is 0 Å². The van der Waals surface area contributed by atoms with Crippen LogP contribution in [-0.4, -0.2) is 9.97 Å². The molecule has 2 heterocycles. The second kappa shape index (κ2) is 4.46. The van der Waals surface area contributed by atoms with Crippen LogP contribution in [0.5, 0.6) is 0 Å². The van der Waals surface area contributed by atoms with E-state index in [1.165, 1.54) is 11.3 Å². The number of hydrogen-bond acceptors (Lipinski definition) is 2. The van der Waals surface area contributed by atoms with Crippen molar-refractivity contribution in [1.29, 1.82) is 0 Å². The second-order valence-corrected chi connectivity index (χ2v) is 5.67. The SMILES string of the molecule is O=c1[nH]c2ccc(C(Cl)c3sccc3Cl)cc2[nH]1. The molecular weight excluding hydrogens is 291 g/mol. The lowest BCUT2D eigenvalue weighted by molar-refractivity contribution is 1.19. The minimum absolute atomic E-state index is 0.220. The summed E-state index contributed by atoms with van der Waals surface area (Å²) in [6.07, 6.45) is 0. The minimum Gasteiger partial charge on any atom is -0.306 e. The van der Waals surface area contributed by atoms with Crippen LogP contribution in [0.3, 0.4) is 0 Å². The largest absolute Gasteiger partial charge is 0.323 e. The molecule has 92 valence electrons. The minimum atomic E-state index is -0.305. The number of H-pyrrole nitrogens is 2. The highest BCUT2D eigenvalue weighted by atomic mass is 35.5. The fraction of sp³-hybridized carbons (Fsp3) is 0.0833. The van der Waals surface area contributed by atoms with Crippen molar-refractivity contribution in [1.82, 2.24) is 9.97 Å². The van der Waals surface area contributed by atoms with E-state index in [1.54, 1.807) is 0 Å². The summed E-state index contributed by atoms with van der Waals surface area (Å²) in [5.41, 5.74) is 2.20. The highest BCUT2D eigenvalue weighted by Crippen LogP contribution is 2.37. The number of nitrogens with one attached hydrogen (secondary N) is 2. The smallest absolute Gasteiger partial charge is 0.306 e. The number of rotatable bonds is 2. The van der Waals surface area contributed by atoms with Gasteiger partial charge in [-0.25, -0.2) is 4.79 Å². The van der Waals surface area contributed by atoms with Crippen LogP contribution in [0, 0.1) is 0 Å². The van der Waals surface area contributed by atoms with Gasteiger partial charge in [-0.3, -0.25) is 0 Å². The Bertz CT molecular complexity index is 759. The Hall–Kier alpha value is -1.23. The molecule has 0 bridgehead atoms. The zero-order valence-electron chi connectivity index (χ0n) is 9.04. The van der Waals surface area contributed by atoms with Crippen molar-refractivity contribution >= 4 is 45.6 Å². The summed E-state index contributed by atoms with van der Waals surface area (Å²) in [7, 11) is 0. The Balaban J connectivity index is 2.09. The average Bonchev–Trinajstić information content (AvgIpc) is 2.91. The van der Waals surface area contributed by atoms with Crippen LogP contribution >= 0.6 is 34.5 Å². The highest BCUT2D eigenvalue weighted by molar-refractivity contribution is 7.11. The summed E-state index contributed by atoms with van der Waals surface area (Å²) in [5, 5.41) is 2.27. The molecule has 2 aromatic heterocycles. The monoisotopic (exact) mass is 298 g/mol. The van der Waals surface area contributed by atoms with E-state index >= 15 is 0 Å². The van der Waals surface area contributed by atoms with Crippen LogP contribution in [0.15, 0.2) is 34.4 Å². The molecule has 0 fully saturated rings. The van der Waals surface area contributed by atoms with Gasteiger partial charge in [-0.15, -0.1) is 22.9 Å². The normalized spacial score (nSPS) is 13.0. The molecule has 0 aliphatic carbocycles. The Labute approximate surface area is 116 Å². The number of thiophene rings is 1. The van der Waals surface area contributed by atoms with Crippen molar-refractivity contribution in [2.75, 3.05) is 0 Å². The number of aromatic amines is 2. The Morgan fingerprint density at radius 1 is 1.17 bits per heavy atom. The van der Waals surface area contributed by atoms with E-state index in [0.29, 0.717) is 5.02 Å². The van der Waals surface area contributed by atoms with Crippen molar-refractivity contribution in [3.05, 3.63) is 55.6 Å². The molecule has 6 heteroatoms. The third-order valence-electron chi connectivity index (χ3n) is 2.71. The zero-order chi connectivity index (χ0) is 12.7. The van der Waals surface area contributed by atoms with E-state index in [2.05, 4.69) is 9.97 Å². The van der Waals surface area contributed by atoms with Crippen LogP contribution in [-0.2, 0) is 0 Å². The third-order valence-corrected chi connectivity index (χ3v) is 4.73. The molecule has 1 atom stereocenters. The van der Waals surface area contributed by atoms with Crippen molar-refractivity contribution in [3.8, 4) is 0 Å². The van der Waals surface area contributed by atoms with Gasteiger partial charge in [-0.05, 0) is 29.1 Å². The van der Waals surface area contributed by atoms with Gasteiger partial charge in [0.2, 0.25) is 0 Å². The van der Waals surface area contributed by atoms with E-state index < -0.39 is 0 Å². The van der Waals surface area contributed by atoms with Gasteiger partial charge in [0.1, 0.15) is 0 Å². The first kappa shape index (κ1) is 11.8. The van der Waals surface area contributed by atoms with Gasteiger partial charge in [0, 0.05) is 4.88 Å². The van der Waals surface area contributed by atoms with Gasteiger partial charge < -0.3 is 9.97 Å². The van der Waals surface area contributed by atoms with Crippen molar-refractivity contribution in [2.45, 2.75) is 5.38 Å². The third kappa shape index (κ3) is 1.96. The lowest BCUT2D eigenvalue weighted by Crippen LogP contribution is -1.99. The van der Waals surface area contributed by atoms with Gasteiger partial charge in [0.15, 0.2) is 0 Å². The molecule has 0 saturated carbocycles. The van der Waals surface area contributed by atoms with Crippen LogP contribution in [0.4, 0.5) is 0 Å². The molecule has 0 aliphatic heterocycles. The van der Waals surface area contributed by atoms with E-state index in [4.69, 9.17) is 23.2 Å². The fourth-order valence-electron chi connectivity index (χ4n) is 1.85. The predicted octanol–water partition coefficient (Wildman–Crippen LogP) is 3.90. The molecule has 3 nitrogen and oxygen atoms in total. The summed E-state index contributed by atoms with van der Waals surface area (Å²) < 4.78 is 0. The van der Waals surface area contributed by atoms with Crippen molar-refractivity contribution in [3.63, 3.8) is 0 Å². The molecule has 0 saturated heterocycles. The van der Waals surface area contributed by atoms with Gasteiger partial charge >= 0.3 is 5.69 Å². The number of aromatic nitrogens is 2. The van der Waals surface area contributed by atoms with E-state index in [9.17, 15) is 4.79 Å². The number of benzene rings is 1. The van der Waals surface area contributed by atoms with E-state index in [1.807, 2.05) is 29.6 Å². The van der Waals surface area contributed by atoms with Crippen LogP contribution < -0.4 is 5.69 Å². The molecule has 0 radical (unpaired) electrons. The van der Waals surface area contributed by atoms with Gasteiger partial charge in [0.05, 0.1) is 21.4 Å². The molecule has 3 rings (SSSR count).